The highest BCUT2D eigenvalue weighted by molar-refractivity contribution is 9.10. The van der Waals surface area contributed by atoms with Crippen LogP contribution in [-0.2, 0) is 13.2 Å². The van der Waals surface area contributed by atoms with E-state index in [1.807, 2.05) is 48.5 Å². The normalized spacial score (nSPS) is 10.6. The maximum Gasteiger partial charge on any atom is 0.214 e. The number of halogens is 1. The molecular weight excluding hydrogens is 506 g/mol. The fourth-order valence-electron chi connectivity index (χ4n) is 3.28. The van der Waals surface area contributed by atoms with Gasteiger partial charge in [0.25, 0.3) is 0 Å². The Hall–Kier alpha value is -3.37. The summed E-state index contributed by atoms with van der Waals surface area (Å²) in [4.78, 5) is 4.11. The lowest BCUT2D eigenvalue weighted by Crippen LogP contribution is -2.16. The summed E-state index contributed by atoms with van der Waals surface area (Å²) >= 11 is 9.03. The van der Waals surface area contributed by atoms with E-state index in [0.717, 1.165) is 21.2 Å². The maximum absolute atomic E-state index is 5.99. The summed E-state index contributed by atoms with van der Waals surface area (Å²) < 4.78 is 20.0. The number of benzene rings is 2. The molecule has 0 fully saturated rings. The number of aromatic nitrogens is 4. The predicted molar refractivity (Wildman–Crippen MR) is 132 cm³/mol. The average molecular weight is 528 g/mol. The Labute approximate surface area is 204 Å². The van der Waals surface area contributed by atoms with Crippen LogP contribution in [0.25, 0.3) is 11.4 Å². The molecule has 0 unspecified atom stereocenters. The lowest BCUT2D eigenvalue weighted by atomic mass is 10.2. The van der Waals surface area contributed by atoms with Gasteiger partial charge in [-0.05, 0) is 64.0 Å². The molecule has 170 valence electrons. The largest absolute Gasteiger partial charge is 0.496 e. The molecule has 4 rings (SSSR count). The van der Waals surface area contributed by atoms with Crippen LogP contribution in [-0.4, -0.2) is 34.1 Å². The zero-order valence-corrected chi connectivity index (χ0v) is 20.4. The summed E-state index contributed by atoms with van der Waals surface area (Å²) in [6.45, 7) is 0.848. The summed E-state index contributed by atoms with van der Waals surface area (Å²) in [5.74, 6) is 2.57. The van der Waals surface area contributed by atoms with Crippen molar-refractivity contribution < 1.29 is 14.2 Å². The fraction of sp³-hybridized carbons (Fsp3) is 0.174. The van der Waals surface area contributed by atoms with Gasteiger partial charge in [-0.25, -0.2) is 9.77 Å². The minimum atomic E-state index is 0.382. The van der Waals surface area contributed by atoms with Gasteiger partial charge >= 0.3 is 0 Å². The number of hydrogen-bond donors (Lipinski definition) is 2. The van der Waals surface area contributed by atoms with E-state index in [-0.39, 0.29) is 0 Å². The van der Waals surface area contributed by atoms with Crippen LogP contribution in [0.4, 0.5) is 0 Å². The quantitative estimate of drug-likeness (QED) is 0.292. The summed E-state index contributed by atoms with van der Waals surface area (Å²) in [5.41, 5.74) is 6.07. The van der Waals surface area contributed by atoms with Crippen LogP contribution in [0.5, 0.6) is 17.2 Å². The lowest BCUT2D eigenvalue weighted by Gasteiger charge is -2.16. The van der Waals surface area contributed by atoms with E-state index in [0.29, 0.717) is 41.0 Å². The third kappa shape index (κ3) is 5.18. The van der Waals surface area contributed by atoms with Crippen molar-refractivity contribution in [3.63, 3.8) is 0 Å². The van der Waals surface area contributed by atoms with Crippen LogP contribution in [0.3, 0.4) is 0 Å². The maximum atomic E-state index is 5.99. The predicted octanol–water partition coefficient (Wildman–Crippen LogP) is 5.11. The van der Waals surface area contributed by atoms with Gasteiger partial charge in [0.15, 0.2) is 17.3 Å². The molecule has 0 amide bonds. The Morgan fingerprint density at radius 3 is 2.64 bits per heavy atom. The van der Waals surface area contributed by atoms with Crippen molar-refractivity contribution in [1.82, 2.24) is 19.9 Å². The molecule has 0 saturated heterocycles. The Morgan fingerprint density at radius 1 is 1.06 bits per heavy atom. The lowest BCUT2D eigenvalue weighted by molar-refractivity contribution is 0.282. The molecule has 2 aromatic carbocycles. The SMILES string of the molecule is COc1ccccc1-c1n[nH]c(=S)n1NCc1cc(Br)c(OCc2cccnc2)c(OC)c1. The molecule has 4 aromatic rings. The molecule has 0 saturated carbocycles. The first-order valence-electron chi connectivity index (χ1n) is 10.0. The van der Waals surface area contributed by atoms with Gasteiger partial charge in [-0.1, -0.05) is 18.2 Å². The standard InChI is InChI=1S/C23H22BrN5O3S/c1-30-19-8-4-3-7-17(19)22-27-28-23(33)29(22)26-13-16-10-18(24)21(20(11-16)31-2)32-14-15-6-5-9-25-12-15/h3-12,26H,13-14H2,1-2H3,(H,28,33). The number of pyridine rings is 1. The molecule has 0 radical (unpaired) electrons. The molecule has 2 heterocycles. The highest BCUT2D eigenvalue weighted by atomic mass is 79.9. The third-order valence-electron chi connectivity index (χ3n) is 4.86. The minimum absolute atomic E-state index is 0.382. The van der Waals surface area contributed by atoms with Crippen molar-refractivity contribution in [3.05, 3.63) is 81.3 Å². The molecule has 10 heteroatoms. The molecule has 0 bridgehead atoms. The number of methoxy groups -OCH3 is 2. The number of ether oxygens (including phenoxy) is 3. The molecule has 0 aliphatic carbocycles. The molecule has 0 spiro atoms. The number of rotatable bonds is 9. The second-order valence-corrected chi connectivity index (χ2v) is 8.22. The van der Waals surface area contributed by atoms with E-state index in [9.17, 15) is 0 Å². The van der Waals surface area contributed by atoms with Gasteiger partial charge in [0.05, 0.1) is 30.8 Å². The summed E-state index contributed by atoms with van der Waals surface area (Å²) in [5, 5.41) is 7.21. The van der Waals surface area contributed by atoms with E-state index in [2.05, 4.69) is 36.5 Å². The van der Waals surface area contributed by atoms with Crippen molar-refractivity contribution in [2.24, 2.45) is 0 Å². The Balaban J connectivity index is 1.54. The number of nitrogens with zero attached hydrogens (tertiary/aromatic N) is 3. The van der Waals surface area contributed by atoms with Crippen LogP contribution >= 0.6 is 28.1 Å². The summed E-state index contributed by atoms with van der Waals surface area (Å²) in [6, 6.07) is 15.4. The van der Waals surface area contributed by atoms with Gasteiger partial charge in [0, 0.05) is 18.0 Å². The van der Waals surface area contributed by atoms with E-state index >= 15 is 0 Å². The average Bonchev–Trinajstić information content (AvgIpc) is 3.22. The second kappa shape index (κ2) is 10.5. The smallest absolute Gasteiger partial charge is 0.214 e. The highest BCUT2D eigenvalue weighted by Gasteiger charge is 2.15. The molecular formula is C23H22BrN5O3S. The first-order chi connectivity index (χ1) is 16.1. The molecule has 0 atom stereocenters. The van der Waals surface area contributed by atoms with Crippen molar-refractivity contribution in [2.45, 2.75) is 13.2 Å². The second-order valence-electron chi connectivity index (χ2n) is 6.98. The van der Waals surface area contributed by atoms with Crippen LogP contribution in [0.2, 0.25) is 0 Å². The number of hydrogen-bond acceptors (Lipinski definition) is 7. The molecule has 8 nitrogen and oxygen atoms in total. The van der Waals surface area contributed by atoms with E-state index in [4.69, 9.17) is 26.4 Å². The summed E-state index contributed by atoms with van der Waals surface area (Å²) in [7, 11) is 3.24. The number of H-pyrrole nitrogens is 1. The first-order valence-corrected chi connectivity index (χ1v) is 11.2. The van der Waals surface area contributed by atoms with Crippen molar-refractivity contribution in [1.29, 1.82) is 0 Å². The molecule has 0 aliphatic heterocycles. The van der Waals surface area contributed by atoms with Gasteiger partial charge in [-0.15, -0.1) is 0 Å². The number of aromatic amines is 1. The first kappa shape index (κ1) is 22.8. The number of para-hydroxylation sites is 1. The highest BCUT2D eigenvalue weighted by Crippen LogP contribution is 2.37. The van der Waals surface area contributed by atoms with Crippen molar-refractivity contribution >= 4 is 28.1 Å². The Morgan fingerprint density at radius 2 is 1.88 bits per heavy atom. The van der Waals surface area contributed by atoms with Crippen LogP contribution in [0.1, 0.15) is 11.1 Å². The Bertz CT molecular complexity index is 1290. The summed E-state index contributed by atoms with van der Waals surface area (Å²) in [6.07, 6.45) is 3.50. The van der Waals surface area contributed by atoms with Gasteiger partial charge in [-0.3, -0.25) is 4.98 Å². The van der Waals surface area contributed by atoms with E-state index < -0.39 is 0 Å². The molecule has 0 aliphatic rings. The number of nitrogens with one attached hydrogen (secondary N) is 2. The molecule has 2 aromatic heterocycles. The van der Waals surface area contributed by atoms with Gasteiger partial charge < -0.3 is 19.6 Å². The van der Waals surface area contributed by atoms with Crippen LogP contribution < -0.4 is 19.6 Å². The van der Waals surface area contributed by atoms with Gasteiger partial charge in [0.1, 0.15) is 12.4 Å². The topological polar surface area (TPSA) is 86.2 Å². The molecule has 33 heavy (non-hydrogen) atoms. The van der Waals surface area contributed by atoms with Gasteiger partial charge in [0.2, 0.25) is 4.77 Å². The van der Waals surface area contributed by atoms with E-state index in [1.165, 1.54) is 0 Å². The third-order valence-corrected chi connectivity index (χ3v) is 5.72. The van der Waals surface area contributed by atoms with Gasteiger partial charge in [-0.2, -0.15) is 5.10 Å². The van der Waals surface area contributed by atoms with E-state index in [1.54, 1.807) is 31.3 Å². The minimum Gasteiger partial charge on any atom is -0.496 e. The molecule has 2 N–H and O–H groups in total. The zero-order chi connectivity index (χ0) is 23.2. The van der Waals surface area contributed by atoms with Crippen LogP contribution in [0.15, 0.2) is 65.4 Å². The van der Waals surface area contributed by atoms with Crippen molar-refractivity contribution in [3.8, 4) is 28.6 Å². The van der Waals surface area contributed by atoms with Crippen LogP contribution in [0, 0.1) is 4.77 Å². The fourth-order valence-corrected chi connectivity index (χ4v) is 4.08. The Kier molecular flexibility index (Phi) is 7.26. The van der Waals surface area contributed by atoms with Crippen molar-refractivity contribution in [2.75, 3.05) is 19.6 Å². The zero-order valence-electron chi connectivity index (χ0n) is 18.0. The monoisotopic (exact) mass is 527 g/mol.